The van der Waals surface area contributed by atoms with Crippen LogP contribution in [0.5, 0.6) is 0 Å². The van der Waals surface area contributed by atoms with Gasteiger partial charge in [0, 0.05) is 36.8 Å². The van der Waals surface area contributed by atoms with Gasteiger partial charge in [0.25, 0.3) is 0 Å². The van der Waals surface area contributed by atoms with Crippen LogP contribution in [-0.4, -0.2) is 6.04 Å². The van der Waals surface area contributed by atoms with Crippen LogP contribution in [0.2, 0.25) is 0 Å². The Bertz CT molecular complexity index is 2770. The van der Waals surface area contributed by atoms with Crippen LogP contribution in [0.25, 0.3) is 48.0 Å². The molecule has 1 unspecified atom stereocenters. The second kappa shape index (κ2) is 13.1. The zero-order valence-corrected chi connectivity index (χ0v) is 31.6. The van der Waals surface area contributed by atoms with E-state index in [4.69, 9.17) is 0 Å². The standard InChI is InChI=1S/C53H41NS/c1-2-15-36(16-3-1)42-21-9-12-25-48(42)54(49-26-14-28-51-52(49)45-23-10-13-27-50(45)55-51)39-29-30-44-43-22-8-11-24-46(43)53(47(44)35-39)33-31-37-17-4-6-19-40(37)41-20-7-5-18-38(41)32-34-53/h1-30,39H,31-35H2. The Morgan fingerprint density at radius 3 is 1.89 bits per heavy atom. The first-order chi connectivity index (χ1) is 27.3. The number of aryl methyl sites for hydroxylation is 2. The first kappa shape index (κ1) is 32.5. The van der Waals surface area contributed by atoms with E-state index in [1.165, 1.54) is 81.6 Å². The lowest BCUT2D eigenvalue weighted by Gasteiger charge is -2.41. The van der Waals surface area contributed by atoms with E-state index in [1.807, 2.05) is 11.3 Å². The van der Waals surface area contributed by atoms with Gasteiger partial charge in [-0.3, -0.25) is 0 Å². The Morgan fingerprint density at radius 1 is 0.509 bits per heavy atom. The molecule has 3 aliphatic rings. The van der Waals surface area contributed by atoms with Crippen molar-refractivity contribution < 1.29 is 0 Å². The van der Waals surface area contributed by atoms with Crippen LogP contribution in [0.3, 0.4) is 0 Å². The van der Waals surface area contributed by atoms with Crippen LogP contribution in [0.4, 0.5) is 11.4 Å². The number of benzene rings is 7. The highest BCUT2D eigenvalue weighted by molar-refractivity contribution is 7.26. The van der Waals surface area contributed by atoms with Gasteiger partial charge in [0.1, 0.15) is 0 Å². The van der Waals surface area contributed by atoms with Crippen molar-refractivity contribution in [2.75, 3.05) is 4.90 Å². The maximum Gasteiger partial charge on any atom is 0.0563 e. The van der Waals surface area contributed by atoms with E-state index in [9.17, 15) is 0 Å². The number of fused-ring (bicyclic) bond motifs is 10. The van der Waals surface area contributed by atoms with Crippen molar-refractivity contribution in [2.24, 2.45) is 0 Å². The molecule has 55 heavy (non-hydrogen) atoms. The first-order valence-corrected chi connectivity index (χ1v) is 20.6. The molecule has 0 amide bonds. The predicted molar refractivity (Wildman–Crippen MR) is 234 cm³/mol. The Morgan fingerprint density at radius 2 is 1.11 bits per heavy atom. The third-order valence-corrected chi connectivity index (χ3v) is 13.9. The quantitative estimate of drug-likeness (QED) is 0.175. The summed E-state index contributed by atoms with van der Waals surface area (Å²) in [5.74, 6) is 0. The summed E-state index contributed by atoms with van der Waals surface area (Å²) in [6.45, 7) is 0. The zero-order valence-electron chi connectivity index (χ0n) is 30.8. The maximum atomic E-state index is 2.69. The molecule has 2 heteroatoms. The molecule has 1 heterocycles. The Labute approximate surface area is 327 Å². The Hall–Kier alpha value is -5.96. The van der Waals surface area contributed by atoms with Gasteiger partial charge in [-0.25, -0.2) is 0 Å². The van der Waals surface area contributed by atoms with Gasteiger partial charge in [0.05, 0.1) is 11.7 Å². The molecule has 8 aromatic rings. The summed E-state index contributed by atoms with van der Waals surface area (Å²) in [4.78, 5) is 2.69. The molecule has 11 rings (SSSR count). The molecule has 1 aromatic heterocycles. The summed E-state index contributed by atoms with van der Waals surface area (Å²) >= 11 is 1.90. The summed E-state index contributed by atoms with van der Waals surface area (Å²) in [6, 6.07) is 63.7. The van der Waals surface area contributed by atoms with Gasteiger partial charge >= 0.3 is 0 Å². The van der Waals surface area contributed by atoms with Crippen LogP contribution in [0.15, 0.2) is 188 Å². The van der Waals surface area contributed by atoms with Crippen LogP contribution in [0.1, 0.15) is 41.5 Å². The molecule has 0 bridgehead atoms. The molecule has 0 aliphatic heterocycles. The van der Waals surface area contributed by atoms with E-state index < -0.39 is 0 Å². The fraction of sp³-hybridized carbons (Fsp3) is 0.132. The highest BCUT2D eigenvalue weighted by Gasteiger charge is 2.46. The van der Waals surface area contributed by atoms with E-state index in [2.05, 4.69) is 187 Å². The molecule has 7 aromatic carbocycles. The summed E-state index contributed by atoms with van der Waals surface area (Å²) in [6.07, 6.45) is 10.3. The lowest BCUT2D eigenvalue weighted by molar-refractivity contribution is 0.419. The molecule has 264 valence electrons. The molecular weight excluding hydrogens is 683 g/mol. The lowest BCUT2D eigenvalue weighted by Crippen LogP contribution is -2.36. The SMILES string of the molecule is C1=CC(N(c2ccccc2-c2ccccc2)c2cccc3sc4ccccc4c23)CC2=C1c1ccccc1C21CCc2ccccc2-c2ccccc2CC1. The average molecular weight is 724 g/mol. The van der Waals surface area contributed by atoms with E-state index >= 15 is 0 Å². The molecule has 3 aliphatic carbocycles. The van der Waals surface area contributed by atoms with Gasteiger partial charge in [-0.15, -0.1) is 11.3 Å². The molecule has 1 atom stereocenters. The highest BCUT2D eigenvalue weighted by Crippen LogP contribution is 2.57. The predicted octanol–water partition coefficient (Wildman–Crippen LogP) is 14.1. The maximum absolute atomic E-state index is 2.69. The van der Waals surface area contributed by atoms with Gasteiger partial charge in [-0.1, -0.05) is 158 Å². The molecule has 1 nitrogen and oxygen atoms in total. The molecule has 0 saturated carbocycles. The molecular formula is C53H41NS. The van der Waals surface area contributed by atoms with Gasteiger partial charge in [-0.05, 0) is 106 Å². The fourth-order valence-corrected chi connectivity index (χ4v) is 11.4. The van der Waals surface area contributed by atoms with E-state index in [1.54, 1.807) is 5.57 Å². The summed E-state index contributed by atoms with van der Waals surface area (Å²) < 4.78 is 2.67. The monoisotopic (exact) mass is 723 g/mol. The average Bonchev–Trinajstić information content (AvgIpc) is 3.78. The van der Waals surface area contributed by atoms with Crippen LogP contribution in [-0.2, 0) is 18.3 Å². The minimum absolute atomic E-state index is 0.0643. The lowest BCUT2D eigenvalue weighted by atomic mass is 9.67. The Balaban J connectivity index is 1.10. The molecule has 0 saturated heterocycles. The highest BCUT2D eigenvalue weighted by atomic mass is 32.1. The Kier molecular flexibility index (Phi) is 7.74. The second-order valence-electron chi connectivity index (χ2n) is 15.5. The van der Waals surface area contributed by atoms with Crippen molar-refractivity contribution in [1.29, 1.82) is 0 Å². The minimum Gasteiger partial charge on any atom is -0.333 e. The first-order valence-electron chi connectivity index (χ1n) is 19.8. The summed E-state index contributed by atoms with van der Waals surface area (Å²) in [5.41, 5.74) is 16.7. The van der Waals surface area contributed by atoms with Crippen molar-refractivity contribution in [3.8, 4) is 22.3 Å². The van der Waals surface area contributed by atoms with Gasteiger partial charge in [0.15, 0.2) is 0 Å². The van der Waals surface area contributed by atoms with Crippen molar-refractivity contribution >= 4 is 48.5 Å². The van der Waals surface area contributed by atoms with Gasteiger partial charge < -0.3 is 4.90 Å². The number of nitrogens with zero attached hydrogens (tertiary/aromatic N) is 1. The van der Waals surface area contributed by atoms with Gasteiger partial charge in [0.2, 0.25) is 0 Å². The van der Waals surface area contributed by atoms with Crippen LogP contribution in [0, 0.1) is 0 Å². The number of rotatable bonds is 4. The summed E-state index contributed by atoms with van der Waals surface area (Å²) in [7, 11) is 0. The summed E-state index contributed by atoms with van der Waals surface area (Å²) in [5, 5.41) is 2.68. The molecule has 1 spiro atoms. The number of para-hydroxylation sites is 1. The second-order valence-corrected chi connectivity index (χ2v) is 16.6. The number of hydrogen-bond donors (Lipinski definition) is 0. The van der Waals surface area contributed by atoms with Crippen LogP contribution >= 0.6 is 11.3 Å². The van der Waals surface area contributed by atoms with E-state index in [-0.39, 0.29) is 11.5 Å². The molecule has 0 N–H and O–H groups in total. The van der Waals surface area contributed by atoms with Crippen molar-refractivity contribution in [1.82, 2.24) is 0 Å². The smallest absolute Gasteiger partial charge is 0.0563 e. The number of hydrogen-bond acceptors (Lipinski definition) is 2. The van der Waals surface area contributed by atoms with Crippen molar-refractivity contribution in [3.63, 3.8) is 0 Å². The third-order valence-electron chi connectivity index (χ3n) is 12.7. The fourth-order valence-electron chi connectivity index (χ4n) is 10.3. The number of allylic oxidation sites excluding steroid dienone is 2. The van der Waals surface area contributed by atoms with Crippen molar-refractivity contribution in [3.05, 3.63) is 210 Å². The van der Waals surface area contributed by atoms with E-state index in [0.29, 0.717) is 0 Å². The normalized spacial score (nSPS) is 16.9. The largest absolute Gasteiger partial charge is 0.333 e. The van der Waals surface area contributed by atoms with Gasteiger partial charge in [-0.2, -0.15) is 0 Å². The third kappa shape index (κ3) is 5.19. The number of anilines is 2. The number of thiophene rings is 1. The van der Waals surface area contributed by atoms with Crippen LogP contribution < -0.4 is 4.90 Å². The van der Waals surface area contributed by atoms with Crippen molar-refractivity contribution in [2.45, 2.75) is 43.6 Å². The molecule has 0 radical (unpaired) electrons. The van der Waals surface area contributed by atoms with E-state index in [0.717, 1.165) is 32.1 Å². The molecule has 0 fully saturated rings. The minimum atomic E-state index is -0.0643. The zero-order chi connectivity index (χ0) is 36.3. The topological polar surface area (TPSA) is 3.24 Å².